The number of halogens is 1. The minimum atomic E-state index is -0.658. The van der Waals surface area contributed by atoms with Crippen molar-refractivity contribution in [1.82, 2.24) is 14.7 Å². The van der Waals surface area contributed by atoms with Crippen molar-refractivity contribution in [2.45, 2.75) is 51.2 Å². The van der Waals surface area contributed by atoms with Crippen LogP contribution in [0.15, 0.2) is 0 Å². The first-order valence-electron chi connectivity index (χ1n) is 6.99. The fourth-order valence-electron chi connectivity index (χ4n) is 2.90. The Morgan fingerprint density at radius 3 is 2.68 bits per heavy atom. The van der Waals surface area contributed by atoms with Gasteiger partial charge in [-0.25, -0.2) is 0 Å². The molecule has 2 heterocycles. The van der Waals surface area contributed by atoms with Gasteiger partial charge in [-0.05, 0) is 33.2 Å². The van der Waals surface area contributed by atoms with E-state index in [1.54, 1.807) is 0 Å². The van der Waals surface area contributed by atoms with Crippen LogP contribution < -0.4 is 0 Å². The molecule has 2 rings (SSSR count). The van der Waals surface area contributed by atoms with E-state index in [1.165, 1.54) is 0 Å². The van der Waals surface area contributed by atoms with Crippen LogP contribution in [0.2, 0.25) is 5.02 Å². The van der Waals surface area contributed by atoms with Crippen molar-refractivity contribution in [2.75, 3.05) is 13.6 Å². The molecule has 0 spiro atoms. The van der Waals surface area contributed by atoms with Gasteiger partial charge in [0.25, 0.3) is 0 Å². The third kappa shape index (κ3) is 2.96. The lowest BCUT2D eigenvalue weighted by atomic mass is 9.83. The summed E-state index contributed by atoms with van der Waals surface area (Å²) in [4.78, 5) is 2.29. The molecule has 1 saturated heterocycles. The Bertz CT molecular complexity index is 460. The highest BCUT2D eigenvalue weighted by molar-refractivity contribution is 6.31. The third-order valence-electron chi connectivity index (χ3n) is 4.36. The molecule has 1 aliphatic rings. The van der Waals surface area contributed by atoms with E-state index in [1.807, 2.05) is 18.7 Å². The zero-order chi connectivity index (χ0) is 14.2. The summed E-state index contributed by atoms with van der Waals surface area (Å²) in [6.45, 7) is 5.13. The lowest BCUT2D eigenvalue weighted by molar-refractivity contribution is -0.0365. The molecule has 0 aromatic carbocycles. The molecule has 1 fully saturated rings. The van der Waals surface area contributed by atoms with Crippen LogP contribution in [0.1, 0.15) is 38.1 Å². The molecule has 1 aromatic rings. The number of aromatic nitrogens is 2. The number of aliphatic hydroxyl groups is 1. The summed E-state index contributed by atoms with van der Waals surface area (Å²) in [5.41, 5.74) is 1.22. The van der Waals surface area contributed by atoms with Gasteiger partial charge in [-0.2, -0.15) is 5.10 Å². The van der Waals surface area contributed by atoms with Gasteiger partial charge in [0.2, 0.25) is 0 Å². The second kappa shape index (κ2) is 5.43. The second-order valence-electron chi connectivity index (χ2n) is 5.87. The summed E-state index contributed by atoms with van der Waals surface area (Å²) in [6, 6.07) is 0.399. The number of nitrogens with zero attached hydrogens (tertiary/aromatic N) is 3. The third-order valence-corrected chi connectivity index (χ3v) is 4.79. The summed E-state index contributed by atoms with van der Waals surface area (Å²) >= 11 is 6.37. The Morgan fingerprint density at radius 1 is 1.47 bits per heavy atom. The number of hydrogen-bond acceptors (Lipinski definition) is 3. The van der Waals surface area contributed by atoms with Gasteiger partial charge >= 0.3 is 0 Å². The summed E-state index contributed by atoms with van der Waals surface area (Å²) in [5.74, 6) is 0. The molecule has 5 heteroatoms. The number of hydrogen-bond donors (Lipinski definition) is 1. The van der Waals surface area contributed by atoms with Crippen LogP contribution in [-0.2, 0) is 19.9 Å². The molecule has 2 unspecified atom stereocenters. The Kier molecular flexibility index (Phi) is 4.23. The van der Waals surface area contributed by atoms with Crippen molar-refractivity contribution in [3.8, 4) is 0 Å². The fourth-order valence-corrected chi connectivity index (χ4v) is 3.26. The zero-order valence-corrected chi connectivity index (χ0v) is 13.0. The van der Waals surface area contributed by atoms with Crippen LogP contribution in [-0.4, -0.2) is 45.0 Å². The molecule has 0 aliphatic carbocycles. The topological polar surface area (TPSA) is 41.3 Å². The van der Waals surface area contributed by atoms with Gasteiger partial charge in [-0.3, -0.25) is 4.68 Å². The lowest BCUT2D eigenvalue weighted by Crippen LogP contribution is -2.49. The molecule has 0 radical (unpaired) electrons. The molecular weight excluding hydrogens is 262 g/mol. The second-order valence-corrected chi connectivity index (χ2v) is 6.25. The summed E-state index contributed by atoms with van der Waals surface area (Å²) in [5, 5.41) is 16.0. The van der Waals surface area contributed by atoms with E-state index >= 15 is 0 Å². The highest BCUT2D eigenvalue weighted by atomic mass is 35.5. The molecule has 0 amide bonds. The Morgan fingerprint density at radius 2 is 2.16 bits per heavy atom. The van der Waals surface area contributed by atoms with E-state index in [0.29, 0.717) is 12.5 Å². The van der Waals surface area contributed by atoms with Crippen molar-refractivity contribution in [3.05, 3.63) is 16.4 Å². The van der Waals surface area contributed by atoms with Crippen LogP contribution in [0.4, 0.5) is 0 Å². The van der Waals surface area contributed by atoms with Crippen LogP contribution in [0, 0.1) is 0 Å². The van der Waals surface area contributed by atoms with E-state index < -0.39 is 5.60 Å². The van der Waals surface area contributed by atoms with Gasteiger partial charge in [0.05, 0.1) is 22.0 Å². The van der Waals surface area contributed by atoms with Crippen LogP contribution >= 0.6 is 11.6 Å². The Labute approximate surface area is 120 Å². The van der Waals surface area contributed by atoms with Gasteiger partial charge in [0, 0.05) is 26.1 Å². The van der Waals surface area contributed by atoms with E-state index in [9.17, 15) is 5.11 Å². The zero-order valence-electron chi connectivity index (χ0n) is 12.3. The summed E-state index contributed by atoms with van der Waals surface area (Å²) in [7, 11) is 4.01. The number of rotatable bonds is 3. The molecule has 19 heavy (non-hydrogen) atoms. The first kappa shape index (κ1) is 14.8. The van der Waals surface area contributed by atoms with Gasteiger partial charge in [0.1, 0.15) is 0 Å². The molecule has 1 aliphatic heterocycles. The first-order valence-corrected chi connectivity index (χ1v) is 7.37. The van der Waals surface area contributed by atoms with Gasteiger partial charge in [-0.15, -0.1) is 0 Å². The molecule has 0 bridgehead atoms. The minimum Gasteiger partial charge on any atom is -0.389 e. The maximum Gasteiger partial charge on any atom is 0.0850 e. The average molecular weight is 286 g/mol. The Hall–Kier alpha value is -0.580. The van der Waals surface area contributed by atoms with Gasteiger partial charge < -0.3 is 10.0 Å². The molecule has 4 nitrogen and oxygen atoms in total. The van der Waals surface area contributed by atoms with Crippen LogP contribution in [0.3, 0.4) is 0 Å². The van der Waals surface area contributed by atoms with E-state index in [0.717, 1.165) is 42.2 Å². The van der Waals surface area contributed by atoms with Gasteiger partial charge in [-0.1, -0.05) is 18.5 Å². The van der Waals surface area contributed by atoms with Crippen molar-refractivity contribution < 1.29 is 5.11 Å². The highest BCUT2D eigenvalue weighted by Crippen LogP contribution is 2.32. The normalized spacial score (nSPS) is 28.8. The molecule has 1 N–H and O–H groups in total. The van der Waals surface area contributed by atoms with Gasteiger partial charge in [0.15, 0.2) is 0 Å². The van der Waals surface area contributed by atoms with Crippen LogP contribution in [0.5, 0.6) is 0 Å². The number of likely N-dealkylation sites (tertiary alicyclic amines) is 1. The average Bonchev–Trinajstić information content (AvgIpc) is 2.62. The minimum absolute atomic E-state index is 0.399. The lowest BCUT2D eigenvalue weighted by Gasteiger charge is -2.41. The fraction of sp³-hybridized carbons (Fsp3) is 0.786. The largest absolute Gasteiger partial charge is 0.389 e. The first-order chi connectivity index (χ1) is 8.86. The van der Waals surface area contributed by atoms with Crippen molar-refractivity contribution >= 4 is 11.6 Å². The van der Waals surface area contributed by atoms with E-state index in [-0.39, 0.29) is 0 Å². The quantitative estimate of drug-likeness (QED) is 0.924. The summed E-state index contributed by atoms with van der Waals surface area (Å²) in [6.07, 6.45) is 2.99. The molecule has 0 saturated carbocycles. The van der Waals surface area contributed by atoms with E-state index in [4.69, 9.17) is 11.6 Å². The standard InChI is InChI=1S/C14H24ClN3O/c1-5-11-13(15)12(18(4)16-11)9-14(19)6-7-17(3)10(2)8-14/h10,19H,5-9H2,1-4H3. The monoisotopic (exact) mass is 285 g/mol. The highest BCUT2D eigenvalue weighted by Gasteiger charge is 2.36. The molecule has 108 valence electrons. The number of piperidine rings is 1. The van der Waals surface area contributed by atoms with Crippen molar-refractivity contribution in [3.63, 3.8) is 0 Å². The van der Waals surface area contributed by atoms with Crippen LogP contribution in [0.25, 0.3) is 0 Å². The SMILES string of the molecule is CCc1nn(C)c(CC2(O)CCN(C)C(C)C2)c1Cl. The van der Waals surface area contributed by atoms with E-state index in [2.05, 4.69) is 24.0 Å². The molecule has 2 atom stereocenters. The predicted molar refractivity (Wildman–Crippen MR) is 77.6 cm³/mol. The molecular formula is C14H24ClN3O. The van der Waals surface area contributed by atoms with Crippen molar-refractivity contribution in [2.24, 2.45) is 7.05 Å². The summed E-state index contributed by atoms with van der Waals surface area (Å²) < 4.78 is 1.82. The maximum absolute atomic E-state index is 10.8. The predicted octanol–water partition coefficient (Wildman–Crippen LogP) is 2.02. The smallest absolute Gasteiger partial charge is 0.0850 e. The number of aryl methyl sites for hydroxylation is 2. The Balaban J connectivity index is 2.19. The van der Waals surface area contributed by atoms with Crippen molar-refractivity contribution in [1.29, 1.82) is 0 Å². The maximum atomic E-state index is 10.8. The molecule has 1 aromatic heterocycles.